The molecule has 2 N–H and O–H groups in total. The van der Waals surface area contributed by atoms with Gasteiger partial charge < -0.3 is 5.73 Å². The van der Waals surface area contributed by atoms with Gasteiger partial charge in [0.25, 0.3) is 0 Å². The van der Waals surface area contributed by atoms with Crippen molar-refractivity contribution in [3.63, 3.8) is 0 Å². The average molecular weight is 263 g/mol. The summed E-state index contributed by atoms with van der Waals surface area (Å²) in [4.78, 5) is 2.64. The van der Waals surface area contributed by atoms with Crippen LogP contribution in [-0.2, 0) is 0 Å². The molecule has 2 atom stereocenters. The lowest BCUT2D eigenvalue weighted by molar-refractivity contribution is 0.730. The maximum absolute atomic E-state index is 6.09. The van der Waals surface area contributed by atoms with E-state index >= 15 is 0 Å². The first-order valence-corrected chi connectivity index (χ1v) is 7.45. The van der Waals surface area contributed by atoms with Crippen molar-refractivity contribution in [2.75, 3.05) is 0 Å². The van der Waals surface area contributed by atoms with Crippen molar-refractivity contribution in [2.24, 2.45) is 5.73 Å². The number of thioether (sulfide) groups is 1. The highest BCUT2D eigenvalue weighted by molar-refractivity contribution is 7.99. The number of benzene rings is 1. The molecule has 2 unspecified atom stereocenters. The molecule has 0 amide bonds. The maximum Gasteiger partial charge on any atom is 0.0586 e. The summed E-state index contributed by atoms with van der Waals surface area (Å²) in [6.45, 7) is 4.18. The van der Waals surface area contributed by atoms with E-state index in [9.17, 15) is 0 Å². The zero-order valence-electron chi connectivity index (χ0n) is 10.1. The van der Waals surface area contributed by atoms with Crippen molar-refractivity contribution in [3.8, 4) is 0 Å². The summed E-state index contributed by atoms with van der Waals surface area (Å²) in [6.07, 6.45) is 0. The van der Waals surface area contributed by atoms with Crippen LogP contribution in [-0.4, -0.2) is 6.04 Å². The van der Waals surface area contributed by atoms with E-state index in [1.807, 2.05) is 11.8 Å². The Bertz CT molecular complexity index is 446. The van der Waals surface area contributed by atoms with E-state index < -0.39 is 0 Å². The number of thiophene rings is 1. The first-order chi connectivity index (χ1) is 8.16. The summed E-state index contributed by atoms with van der Waals surface area (Å²) < 4.78 is 0. The van der Waals surface area contributed by atoms with Gasteiger partial charge in [-0.05, 0) is 37.4 Å². The Hall–Kier alpha value is -0.770. The minimum Gasteiger partial charge on any atom is -0.327 e. The molecule has 0 aliphatic heterocycles. The third kappa shape index (κ3) is 3.35. The van der Waals surface area contributed by atoms with E-state index in [-0.39, 0.29) is 6.04 Å². The van der Waals surface area contributed by atoms with Crippen LogP contribution < -0.4 is 5.73 Å². The number of hydrogen-bond donors (Lipinski definition) is 1. The highest BCUT2D eigenvalue weighted by atomic mass is 32.2. The molecule has 0 aliphatic carbocycles. The molecule has 2 aromatic rings. The predicted octanol–water partition coefficient (Wildman–Crippen LogP) is 4.24. The first kappa shape index (κ1) is 12.7. The van der Waals surface area contributed by atoms with Crippen LogP contribution in [0.5, 0.6) is 0 Å². The number of hydrogen-bond acceptors (Lipinski definition) is 3. The Morgan fingerprint density at radius 3 is 2.41 bits per heavy atom. The second-order valence-electron chi connectivity index (χ2n) is 4.23. The lowest BCUT2D eigenvalue weighted by Crippen LogP contribution is -2.21. The van der Waals surface area contributed by atoms with Crippen LogP contribution in [0.25, 0.3) is 0 Å². The Morgan fingerprint density at radius 1 is 1.18 bits per heavy atom. The van der Waals surface area contributed by atoms with E-state index in [0.29, 0.717) is 5.25 Å². The zero-order chi connectivity index (χ0) is 12.3. The van der Waals surface area contributed by atoms with Crippen molar-refractivity contribution >= 4 is 23.1 Å². The smallest absolute Gasteiger partial charge is 0.0586 e. The van der Waals surface area contributed by atoms with E-state index in [1.54, 1.807) is 11.3 Å². The fourth-order valence-corrected chi connectivity index (χ4v) is 3.77. The third-order valence-electron chi connectivity index (χ3n) is 2.59. The van der Waals surface area contributed by atoms with Gasteiger partial charge >= 0.3 is 0 Å². The molecule has 0 spiro atoms. The predicted molar refractivity (Wildman–Crippen MR) is 77.7 cm³/mol. The monoisotopic (exact) mass is 263 g/mol. The topological polar surface area (TPSA) is 26.0 Å². The molecule has 0 aliphatic rings. The fourth-order valence-electron chi connectivity index (χ4n) is 1.64. The van der Waals surface area contributed by atoms with Crippen LogP contribution in [0.15, 0.2) is 46.7 Å². The Balaban J connectivity index is 2.16. The van der Waals surface area contributed by atoms with Gasteiger partial charge in [-0.1, -0.05) is 23.8 Å². The molecule has 1 aromatic heterocycles. The Kier molecular flexibility index (Phi) is 4.26. The molecule has 0 fully saturated rings. The average Bonchev–Trinajstić information content (AvgIpc) is 2.81. The summed E-state index contributed by atoms with van der Waals surface area (Å²) in [5.41, 5.74) is 7.39. The van der Waals surface area contributed by atoms with Crippen molar-refractivity contribution in [1.82, 2.24) is 0 Å². The molecular formula is C14H17NS2. The van der Waals surface area contributed by atoms with Crippen LogP contribution in [0.4, 0.5) is 0 Å². The van der Waals surface area contributed by atoms with E-state index in [1.165, 1.54) is 15.3 Å². The standard InChI is InChI=1S/C14H17NS2/c1-10-5-7-12(8-6-10)17-14(11(2)15)13-4-3-9-16-13/h3-9,11,14H,15H2,1-2H3. The van der Waals surface area contributed by atoms with Crippen molar-refractivity contribution in [1.29, 1.82) is 0 Å². The summed E-state index contributed by atoms with van der Waals surface area (Å²) in [7, 11) is 0. The molecule has 17 heavy (non-hydrogen) atoms. The van der Waals surface area contributed by atoms with Gasteiger partial charge in [0.15, 0.2) is 0 Å². The van der Waals surface area contributed by atoms with E-state index in [4.69, 9.17) is 5.73 Å². The van der Waals surface area contributed by atoms with Crippen molar-refractivity contribution in [2.45, 2.75) is 30.0 Å². The zero-order valence-corrected chi connectivity index (χ0v) is 11.7. The Morgan fingerprint density at radius 2 is 1.88 bits per heavy atom. The highest BCUT2D eigenvalue weighted by Gasteiger charge is 2.18. The number of rotatable bonds is 4. The molecule has 90 valence electrons. The molecule has 0 radical (unpaired) electrons. The third-order valence-corrected chi connectivity index (χ3v) is 5.17. The lowest BCUT2D eigenvalue weighted by atomic mass is 10.2. The lowest BCUT2D eigenvalue weighted by Gasteiger charge is -2.19. The molecule has 2 rings (SSSR count). The molecule has 0 saturated heterocycles. The van der Waals surface area contributed by atoms with Gasteiger partial charge in [-0.25, -0.2) is 0 Å². The van der Waals surface area contributed by atoms with Gasteiger partial charge in [0, 0.05) is 15.8 Å². The van der Waals surface area contributed by atoms with Crippen LogP contribution in [0, 0.1) is 6.92 Å². The van der Waals surface area contributed by atoms with Gasteiger partial charge in [-0.2, -0.15) is 0 Å². The SMILES string of the molecule is Cc1ccc(SC(c2cccs2)C(C)N)cc1. The van der Waals surface area contributed by atoms with Gasteiger partial charge in [-0.3, -0.25) is 0 Å². The minimum absolute atomic E-state index is 0.153. The van der Waals surface area contributed by atoms with E-state index in [0.717, 1.165) is 0 Å². The summed E-state index contributed by atoms with van der Waals surface area (Å²) in [5.74, 6) is 0. The minimum atomic E-state index is 0.153. The summed E-state index contributed by atoms with van der Waals surface area (Å²) in [5, 5.41) is 2.46. The normalized spacial score (nSPS) is 14.5. The van der Waals surface area contributed by atoms with Crippen molar-refractivity contribution in [3.05, 3.63) is 52.2 Å². The van der Waals surface area contributed by atoms with Crippen LogP contribution in [0.2, 0.25) is 0 Å². The summed E-state index contributed by atoms with van der Waals surface area (Å²) in [6, 6.07) is 13.0. The molecule has 1 aromatic carbocycles. The van der Waals surface area contributed by atoms with Gasteiger partial charge in [0.1, 0.15) is 0 Å². The maximum atomic E-state index is 6.09. The van der Waals surface area contributed by atoms with Crippen LogP contribution in [0.1, 0.15) is 22.6 Å². The van der Waals surface area contributed by atoms with Crippen molar-refractivity contribution < 1.29 is 0 Å². The molecule has 0 saturated carbocycles. The Labute approximate surface area is 111 Å². The van der Waals surface area contributed by atoms with Crippen LogP contribution in [0.3, 0.4) is 0 Å². The highest BCUT2D eigenvalue weighted by Crippen LogP contribution is 2.39. The molecule has 3 heteroatoms. The second kappa shape index (κ2) is 5.71. The van der Waals surface area contributed by atoms with Gasteiger partial charge in [0.05, 0.1) is 5.25 Å². The molecule has 0 bridgehead atoms. The van der Waals surface area contributed by atoms with Gasteiger partial charge in [0.2, 0.25) is 0 Å². The van der Waals surface area contributed by atoms with E-state index in [2.05, 4.69) is 55.6 Å². The van der Waals surface area contributed by atoms with Gasteiger partial charge in [-0.15, -0.1) is 23.1 Å². The molecule has 1 nitrogen and oxygen atoms in total. The first-order valence-electron chi connectivity index (χ1n) is 5.69. The quantitative estimate of drug-likeness (QED) is 0.835. The van der Waals surface area contributed by atoms with Crippen LogP contribution >= 0.6 is 23.1 Å². The summed E-state index contributed by atoms with van der Waals surface area (Å²) >= 11 is 3.63. The number of nitrogens with two attached hydrogens (primary N) is 1. The molecule has 1 heterocycles. The largest absolute Gasteiger partial charge is 0.327 e. The second-order valence-corrected chi connectivity index (χ2v) is 6.42. The number of aryl methyl sites for hydroxylation is 1. The molecular weight excluding hydrogens is 246 g/mol. The fraction of sp³-hybridized carbons (Fsp3) is 0.286.